The number of fused-ring (bicyclic) bond motifs is 2. The maximum Gasteiger partial charge on any atom is 0.338 e. The summed E-state index contributed by atoms with van der Waals surface area (Å²) in [5.41, 5.74) is 1.89. The summed E-state index contributed by atoms with van der Waals surface area (Å²) >= 11 is 8.22. The van der Waals surface area contributed by atoms with Crippen molar-refractivity contribution >= 4 is 69.8 Å². The van der Waals surface area contributed by atoms with Crippen molar-refractivity contribution in [2.24, 2.45) is 5.92 Å². The van der Waals surface area contributed by atoms with Gasteiger partial charge in [-0.05, 0) is 73.2 Å². The summed E-state index contributed by atoms with van der Waals surface area (Å²) in [4.78, 5) is 68.8. The van der Waals surface area contributed by atoms with Crippen LogP contribution in [0.2, 0.25) is 5.02 Å². The lowest BCUT2D eigenvalue weighted by molar-refractivity contribution is -0.122. The number of methoxy groups -OCH3 is 1. The second kappa shape index (κ2) is 13.0. The van der Waals surface area contributed by atoms with Crippen LogP contribution in [0.5, 0.6) is 11.5 Å². The van der Waals surface area contributed by atoms with Gasteiger partial charge in [-0.15, -0.1) is 0 Å². The second-order valence-corrected chi connectivity index (χ2v) is 12.9. The van der Waals surface area contributed by atoms with Crippen molar-refractivity contribution in [2.75, 3.05) is 30.5 Å². The highest BCUT2D eigenvalue weighted by Gasteiger charge is 2.56. The van der Waals surface area contributed by atoms with Crippen molar-refractivity contribution in [3.8, 4) is 11.5 Å². The van der Waals surface area contributed by atoms with Gasteiger partial charge in [0.05, 0.1) is 35.9 Å². The van der Waals surface area contributed by atoms with Crippen LogP contribution in [-0.2, 0) is 19.1 Å². The van der Waals surface area contributed by atoms with Crippen molar-refractivity contribution in [1.29, 1.82) is 0 Å². The van der Waals surface area contributed by atoms with Crippen molar-refractivity contribution in [3.63, 3.8) is 0 Å². The SMILES string of the molecule is CCOC(=O)c1ccc(NC(=O)COc2ccc([C@@H]3c4sc(=O)[nH]c4S[C@H]4C(=O)N(c5ccc(Cl)cc5)C(=O)[C@@H]34)cc2OC)cc1. The Morgan fingerprint density at radius 1 is 0.978 bits per heavy atom. The van der Waals surface area contributed by atoms with Gasteiger partial charge < -0.3 is 24.5 Å². The Kier molecular flexibility index (Phi) is 8.89. The van der Waals surface area contributed by atoms with Gasteiger partial charge in [0, 0.05) is 21.5 Å². The lowest BCUT2D eigenvalue weighted by atomic mass is 9.83. The van der Waals surface area contributed by atoms with Crippen LogP contribution >= 0.6 is 34.7 Å². The number of benzene rings is 3. The quantitative estimate of drug-likeness (QED) is 0.183. The number of anilines is 2. The minimum atomic E-state index is -0.787. The van der Waals surface area contributed by atoms with Gasteiger partial charge in [0.2, 0.25) is 11.8 Å². The molecule has 3 amide bonds. The molecular formula is C32H26ClN3O8S2. The molecule has 2 aliphatic heterocycles. The van der Waals surface area contributed by atoms with E-state index in [1.807, 2.05) is 0 Å². The number of aromatic nitrogens is 1. The minimum absolute atomic E-state index is 0.259. The van der Waals surface area contributed by atoms with Crippen LogP contribution in [0, 0.1) is 5.92 Å². The number of nitrogens with zero attached hydrogens (tertiary/aromatic N) is 1. The molecule has 4 aromatic rings. The van der Waals surface area contributed by atoms with Crippen LogP contribution in [0.4, 0.5) is 11.4 Å². The molecule has 0 bridgehead atoms. The van der Waals surface area contributed by atoms with Crippen LogP contribution in [0.25, 0.3) is 0 Å². The predicted octanol–water partition coefficient (Wildman–Crippen LogP) is 5.09. The number of thioether (sulfide) groups is 1. The lowest BCUT2D eigenvalue weighted by Crippen LogP contribution is -2.32. The molecule has 1 saturated heterocycles. The summed E-state index contributed by atoms with van der Waals surface area (Å²) in [5, 5.41) is 2.97. The van der Waals surface area contributed by atoms with Crippen LogP contribution < -0.4 is 24.6 Å². The minimum Gasteiger partial charge on any atom is -0.493 e. The van der Waals surface area contributed by atoms with Crippen LogP contribution in [0.3, 0.4) is 0 Å². The third-order valence-electron chi connectivity index (χ3n) is 7.49. The van der Waals surface area contributed by atoms with Gasteiger partial charge in [-0.25, -0.2) is 9.69 Å². The normalized spacial score (nSPS) is 18.5. The number of nitrogens with one attached hydrogen (secondary N) is 2. The highest BCUT2D eigenvalue weighted by atomic mass is 35.5. The predicted molar refractivity (Wildman–Crippen MR) is 173 cm³/mol. The van der Waals surface area contributed by atoms with Gasteiger partial charge in [0.25, 0.3) is 5.91 Å². The number of imide groups is 1. The first-order valence-corrected chi connectivity index (χ1v) is 16.2. The number of halogens is 1. The van der Waals surface area contributed by atoms with Crippen molar-refractivity contribution < 1.29 is 33.4 Å². The summed E-state index contributed by atoms with van der Waals surface area (Å²) < 4.78 is 16.3. The van der Waals surface area contributed by atoms with Gasteiger partial charge in [-0.1, -0.05) is 40.8 Å². The number of hydrogen-bond donors (Lipinski definition) is 2. The molecular weight excluding hydrogens is 654 g/mol. The van der Waals surface area contributed by atoms with E-state index in [9.17, 15) is 24.0 Å². The fourth-order valence-electron chi connectivity index (χ4n) is 5.46. The van der Waals surface area contributed by atoms with E-state index in [0.29, 0.717) is 43.2 Å². The molecule has 11 nitrogen and oxygen atoms in total. The fraction of sp³-hybridized carbons (Fsp3) is 0.219. The summed E-state index contributed by atoms with van der Waals surface area (Å²) in [7, 11) is 1.45. The molecule has 0 aliphatic carbocycles. The smallest absolute Gasteiger partial charge is 0.338 e. The molecule has 2 aliphatic rings. The Morgan fingerprint density at radius 2 is 1.72 bits per heavy atom. The summed E-state index contributed by atoms with van der Waals surface area (Å²) in [6.45, 7) is 1.64. The standard InChI is InChI=1S/C32H26ClN3O8S2/c1-3-43-31(40)16-4-9-19(10-5-16)34-23(37)15-44-21-13-6-17(14-22(21)42-2)24-25-27(45-28-26(24)46-32(41)35-28)30(39)36(29(25)38)20-11-7-18(33)8-12-20/h4-14,24-25,27H,3,15H2,1-2H3,(H,34,37)(H,35,41)/t24-,25-,27+/m0/s1. The average Bonchev–Trinajstić information content (AvgIpc) is 3.54. The van der Waals surface area contributed by atoms with E-state index in [-0.39, 0.29) is 35.7 Å². The Hall–Kier alpha value is -4.59. The topological polar surface area (TPSA) is 144 Å². The molecule has 46 heavy (non-hydrogen) atoms. The van der Waals surface area contributed by atoms with Gasteiger partial charge >= 0.3 is 10.8 Å². The van der Waals surface area contributed by atoms with E-state index in [1.54, 1.807) is 73.7 Å². The van der Waals surface area contributed by atoms with E-state index >= 15 is 0 Å². The summed E-state index contributed by atoms with van der Waals surface area (Å²) in [5.74, 6) is -2.49. The average molecular weight is 680 g/mol. The highest BCUT2D eigenvalue weighted by Crippen LogP contribution is 2.53. The van der Waals surface area contributed by atoms with Crippen molar-refractivity contribution in [3.05, 3.63) is 97.4 Å². The molecule has 0 radical (unpaired) electrons. The summed E-state index contributed by atoms with van der Waals surface area (Å²) in [6.07, 6.45) is 0. The van der Waals surface area contributed by atoms with E-state index in [2.05, 4.69) is 10.3 Å². The Labute approximate surface area is 275 Å². The number of aromatic amines is 1. The van der Waals surface area contributed by atoms with Crippen LogP contribution in [0.15, 0.2) is 76.6 Å². The van der Waals surface area contributed by atoms with Gasteiger partial charge in [-0.2, -0.15) is 0 Å². The lowest BCUT2D eigenvalue weighted by Gasteiger charge is -2.30. The van der Waals surface area contributed by atoms with E-state index in [0.717, 1.165) is 11.3 Å². The molecule has 2 N–H and O–H groups in total. The highest BCUT2D eigenvalue weighted by molar-refractivity contribution is 8.00. The van der Waals surface area contributed by atoms with Gasteiger partial charge in [0.15, 0.2) is 18.1 Å². The zero-order valence-corrected chi connectivity index (χ0v) is 26.8. The molecule has 0 saturated carbocycles. The monoisotopic (exact) mass is 679 g/mol. The molecule has 236 valence electrons. The number of amides is 3. The maximum absolute atomic E-state index is 13.9. The molecule has 6 rings (SSSR count). The fourth-order valence-corrected chi connectivity index (χ4v) is 8.10. The van der Waals surface area contributed by atoms with Gasteiger partial charge in [0.1, 0.15) is 5.25 Å². The second-order valence-electron chi connectivity index (χ2n) is 10.3. The van der Waals surface area contributed by atoms with E-state index in [4.69, 9.17) is 25.8 Å². The number of carbonyl (C=O) groups excluding carboxylic acids is 4. The van der Waals surface area contributed by atoms with Crippen LogP contribution in [-0.4, -0.2) is 54.2 Å². The van der Waals surface area contributed by atoms with Crippen molar-refractivity contribution in [2.45, 2.75) is 23.1 Å². The first kappa shape index (κ1) is 31.4. The number of thiazole rings is 1. The molecule has 0 unspecified atom stereocenters. The number of H-pyrrole nitrogens is 1. The largest absolute Gasteiger partial charge is 0.493 e. The third-order valence-corrected chi connectivity index (χ3v) is 10.1. The molecule has 0 spiro atoms. The van der Waals surface area contributed by atoms with E-state index < -0.39 is 29.0 Å². The molecule has 14 heteroatoms. The zero-order valence-electron chi connectivity index (χ0n) is 24.4. The number of rotatable bonds is 9. The molecule has 3 aromatic carbocycles. The van der Waals surface area contributed by atoms with Crippen LogP contribution in [0.1, 0.15) is 33.6 Å². The van der Waals surface area contributed by atoms with E-state index in [1.165, 1.54) is 23.8 Å². The molecule has 3 atom stereocenters. The Bertz CT molecular complexity index is 1890. The zero-order chi connectivity index (χ0) is 32.5. The number of carbonyl (C=O) groups is 4. The van der Waals surface area contributed by atoms with Crippen molar-refractivity contribution in [1.82, 2.24) is 4.98 Å². The Morgan fingerprint density at radius 3 is 2.41 bits per heavy atom. The maximum atomic E-state index is 13.9. The number of ether oxygens (including phenoxy) is 3. The molecule has 1 aromatic heterocycles. The summed E-state index contributed by atoms with van der Waals surface area (Å²) in [6, 6.07) is 17.8. The third kappa shape index (κ3) is 6.00. The molecule has 3 heterocycles. The van der Waals surface area contributed by atoms with Gasteiger partial charge in [-0.3, -0.25) is 19.2 Å². The first-order valence-electron chi connectivity index (χ1n) is 14.1. The number of hydrogen-bond acceptors (Lipinski definition) is 10. The first-order chi connectivity index (χ1) is 22.2. The Balaban J connectivity index is 1.22. The number of esters is 1. The molecule has 1 fully saturated rings.